The Morgan fingerprint density at radius 1 is 0.407 bits per heavy atom. The van der Waals surface area contributed by atoms with Gasteiger partial charge in [-0.05, 0) is 106 Å². The molecule has 54 heavy (non-hydrogen) atoms. The lowest BCUT2D eigenvalue weighted by Crippen LogP contribution is -2.10. The van der Waals surface area contributed by atoms with Crippen LogP contribution in [0.5, 0.6) is 0 Å². The van der Waals surface area contributed by atoms with E-state index in [4.69, 9.17) is 11.6 Å². The molecule has 0 saturated heterocycles. The quantitative estimate of drug-likeness (QED) is 0.171. The van der Waals surface area contributed by atoms with Crippen LogP contribution in [-0.2, 0) is 0 Å². The lowest BCUT2D eigenvalue weighted by Gasteiger charge is -2.26. The molecular weight excluding hydrogens is 696 g/mol. The van der Waals surface area contributed by atoms with E-state index < -0.39 is 0 Å². The first-order valence-corrected chi connectivity index (χ1v) is 19.4. The molecule has 0 radical (unpaired) electrons. The summed E-state index contributed by atoms with van der Waals surface area (Å²) in [5, 5.41) is 10.6. The van der Waals surface area contributed by atoms with Crippen molar-refractivity contribution in [3.63, 3.8) is 0 Å². The molecule has 9 aromatic carbocycles. The van der Waals surface area contributed by atoms with Crippen LogP contribution in [0.3, 0.4) is 0 Å². The van der Waals surface area contributed by atoms with E-state index >= 15 is 0 Å². The van der Waals surface area contributed by atoms with Gasteiger partial charge < -0.3 is 9.47 Å². The number of rotatable bonds is 5. The summed E-state index contributed by atoms with van der Waals surface area (Å²) in [5.41, 5.74) is 8.88. The zero-order chi connectivity index (χ0) is 35.8. The number of hydrogen-bond donors (Lipinski definition) is 0. The molecule has 2 nitrogen and oxygen atoms in total. The highest BCUT2D eigenvalue weighted by Gasteiger charge is 2.20. The molecule has 0 unspecified atom stereocenters. The van der Waals surface area contributed by atoms with Gasteiger partial charge in [0.2, 0.25) is 0 Å². The number of fused-ring (bicyclic) bond motifs is 9. The average Bonchev–Trinajstić information content (AvgIpc) is 3.76. The molecule has 11 rings (SSSR count). The lowest BCUT2D eigenvalue weighted by atomic mass is 9.99. The summed E-state index contributed by atoms with van der Waals surface area (Å²) in [6.45, 7) is 0. The minimum atomic E-state index is 0.689. The normalized spacial score (nSPS) is 11.8. The third-order valence-corrected chi connectivity index (χ3v) is 12.1. The Morgan fingerprint density at radius 2 is 1.11 bits per heavy atom. The van der Waals surface area contributed by atoms with Crippen molar-refractivity contribution in [2.75, 3.05) is 4.90 Å². The number of thiophene rings is 1. The fraction of sp³-hybridized carbons (Fsp3) is 0. The van der Waals surface area contributed by atoms with E-state index in [0.29, 0.717) is 5.02 Å². The largest absolute Gasteiger partial charge is 0.310 e. The predicted octanol–water partition coefficient (Wildman–Crippen LogP) is 15.2. The van der Waals surface area contributed by atoms with E-state index in [2.05, 4.69) is 198 Å². The Balaban J connectivity index is 1.13. The number of anilines is 3. The Labute approximate surface area is 321 Å². The molecule has 0 atom stereocenters. The van der Waals surface area contributed by atoms with Gasteiger partial charge in [0.25, 0.3) is 0 Å². The van der Waals surface area contributed by atoms with Gasteiger partial charge in [-0.3, -0.25) is 0 Å². The standard InChI is InChI=1S/C50H31ClN2S/c51-36-27-35(28-39(30-36)52(37-14-2-1-3-15-37)38-23-26-49-43(31-38)42-18-8-9-20-48(42)54-49)34-22-24-46-44(29-34)50-41-17-7-5-12-33(41)21-25-47(50)53(46)45-19-10-13-32-11-4-6-16-40(32)45/h1-31H. The van der Waals surface area contributed by atoms with Crippen LogP contribution in [0.15, 0.2) is 188 Å². The number of halogens is 1. The van der Waals surface area contributed by atoms with E-state index in [1.807, 2.05) is 11.3 Å². The van der Waals surface area contributed by atoms with Gasteiger partial charge in [-0.15, -0.1) is 11.3 Å². The summed E-state index contributed by atoms with van der Waals surface area (Å²) < 4.78 is 5.02. The first kappa shape index (κ1) is 31.2. The van der Waals surface area contributed by atoms with Crippen molar-refractivity contribution >= 4 is 104 Å². The second kappa shape index (κ2) is 12.3. The van der Waals surface area contributed by atoms with E-state index in [9.17, 15) is 0 Å². The minimum Gasteiger partial charge on any atom is -0.310 e. The first-order valence-electron chi connectivity index (χ1n) is 18.2. The predicted molar refractivity (Wildman–Crippen MR) is 234 cm³/mol. The van der Waals surface area contributed by atoms with Crippen LogP contribution < -0.4 is 4.90 Å². The van der Waals surface area contributed by atoms with Crippen molar-refractivity contribution in [3.8, 4) is 16.8 Å². The molecule has 254 valence electrons. The molecule has 0 saturated carbocycles. The number of benzene rings is 9. The number of para-hydroxylation sites is 1. The maximum Gasteiger partial charge on any atom is 0.0547 e. The molecule has 0 aliphatic carbocycles. The highest BCUT2D eigenvalue weighted by molar-refractivity contribution is 7.25. The smallest absolute Gasteiger partial charge is 0.0547 e. The van der Waals surface area contributed by atoms with Crippen LogP contribution in [0.4, 0.5) is 17.1 Å². The molecule has 0 N–H and O–H groups in total. The molecule has 0 aliphatic rings. The molecule has 4 heteroatoms. The maximum atomic E-state index is 7.08. The fourth-order valence-corrected chi connectivity index (χ4v) is 9.70. The van der Waals surface area contributed by atoms with Crippen LogP contribution >= 0.6 is 22.9 Å². The fourth-order valence-electron chi connectivity index (χ4n) is 8.38. The van der Waals surface area contributed by atoms with E-state index in [1.54, 1.807) is 0 Å². The van der Waals surface area contributed by atoms with Crippen LogP contribution in [0.25, 0.3) is 80.3 Å². The van der Waals surface area contributed by atoms with Gasteiger partial charge in [0.15, 0.2) is 0 Å². The third kappa shape index (κ3) is 4.94. The van der Waals surface area contributed by atoms with Crippen molar-refractivity contribution in [1.82, 2.24) is 4.57 Å². The molecule has 2 aromatic heterocycles. The number of hydrogen-bond acceptors (Lipinski definition) is 2. The van der Waals surface area contributed by atoms with Gasteiger partial charge in [-0.1, -0.05) is 121 Å². The second-order valence-corrected chi connectivity index (χ2v) is 15.4. The molecular formula is C50H31ClN2S. The molecule has 0 fully saturated rings. The van der Waals surface area contributed by atoms with Crippen LogP contribution in [0.2, 0.25) is 5.02 Å². The van der Waals surface area contributed by atoms with E-state index in [0.717, 1.165) is 28.2 Å². The van der Waals surface area contributed by atoms with Crippen molar-refractivity contribution in [3.05, 3.63) is 193 Å². The van der Waals surface area contributed by atoms with E-state index in [-0.39, 0.29) is 0 Å². The molecule has 0 amide bonds. The van der Waals surface area contributed by atoms with Crippen molar-refractivity contribution in [2.45, 2.75) is 0 Å². The summed E-state index contributed by atoms with van der Waals surface area (Å²) in [6.07, 6.45) is 0. The molecule has 2 heterocycles. The topological polar surface area (TPSA) is 8.17 Å². The highest BCUT2D eigenvalue weighted by Crippen LogP contribution is 2.44. The summed E-state index contributed by atoms with van der Waals surface area (Å²) in [4.78, 5) is 2.32. The Bertz CT molecular complexity index is 3240. The zero-order valence-corrected chi connectivity index (χ0v) is 30.7. The summed E-state index contributed by atoms with van der Waals surface area (Å²) in [7, 11) is 0. The molecule has 0 bridgehead atoms. The Hall–Kier alpha value is -6.39. The maximum absolute atomic E-state index is 7.08. The van der Waals surface area contributed by atoms with Gasteiger partial charge in [-0.2, -0.15) is 0 Å². The van der Waals surface area contributed by atoms with Crippen molar-refractivity contribution in [2.24, 2.45) is 0 Å². The summed E-state index contributed by atoms with van der Waals surface area (Å²) in [6, 6.07) is 67.9. The van der Waals surface area contributed by atoms with Crippen molar-refractivity contribution < 1.29 is 0 Å². The zero-order valence-electron chi connectivity index (χ0n) is 29.1. The van der Waals surface area contributed by atoms with Gasteiger partial charge in [-0.25, -0.2) is 0 Å². The van der Waals surface area contributed by atoms with Crippen LogP contribution in [0, 0.1) is 0 Å². The van der Waals surface area contributed by atoms with Crippen molar-refractivity contribution in [1.29, 1.82) is 0 Å². The number of aromatic nitrogens is 1. The van der Waals surface area contributed by atoms with Gasteiger partial charge in [0, 0.05) is 58.4 Å². The van der Waals surface area contributed by atoms with Gasteiger partial charge in [0.1, 0.15) is 0 Å². The monoisotopic (exact) mass is 726 g/mol. The second-order valence-electron chi connectivity index (χ2n) is 13.9. The summed E-state index contributed by atoms with van der Waals surface area (Å²) in [5.74, 6) is 0. The SMILES string of the molecule is Clc1cc(-c2ccc3c(c2)c2c4ccccc4ccc2n3-c2cccc3ccccc23)cc(N(c2ccccc2)c2ccc3sc4ccccc4c3c2)c1. The number of nitrogens with zero attached hydrogens (tertiary/aromatic N) is 2. The average molecular weight is 727 g/mol. The highest BCUT2D eigenvalue weighted by atomic mass is 35.5. The van der Waals surface area contributed by atoms with Gasteiger partial charge in [0.05, 0.1) is 16.7 Å². The van der Waals surface area contributed by atoms with Crippen LogP contribution in [-0.4, -0.2) is 4.57 Å². The Kier molecular flexibility index (Phi) is 7.13. The van der Waals surface area contributed by atoms with Gasteiger partial charge >= 0.3 is 0 Å². The van der Waals surface area contributed by atoms with Crippen LogP contribution in [0.1, 0.15) is 0 Å². The molecule has 11 aromatic rings. The Morgan fingerprint density at radius 3 is 1.98 bits per heavy atom. The summed E-state index contributed by atoms with van der Waals surface area (Å²) >= 11 is 8.91. The van der Waals surface area contributed by atoms with E-state index in [1.165, 1.54) is 69.2 Å². The lowest BCUT2D eigenvalue weighted by molar-refractivity contribution is 1.20. The first-order chi connectivity index (χ1) is 26.7. The molecule has 0 aliphatic heterocycles. The minimum absolute atomic E-state index is 0.689. The molecule has 0 spiro atoms. The third-order valence-electron chi connectivity index (χ3n) is 10.8.